The highest BCUT2D eigenvalue weighted by atomic mass is 32.2. The van der Waals surface area contributed by atoms with Gasteiger partial charge in [0.05, 0.1) is 41.1 Å². The lowest BCUT2D eigenvalue weighted by atomic mass is 10.3. The van der Waals surface area contributed by atoms with Crippen molar-refractivity contribution in [3.8, 4) is 11.5 Å². The summed E-state index contributed by atoms with van der Waals surface area (Å²) in [4.78, 5) is 4.97. The Labute approximate surface area is 189 Å². The van der Waals surface area contributed by atoms with Gasteiger partial charge >= 0.3 is 0 Å². The zero-order valence-electron chi connectivity index (χ0n) is 17.4. The van der Waals surface area contributed by atoms with Crippen molar-refractivity contribution < 1.29 is 22.1 Å². The van der Waals surface area contributed by atoms with Gasteiger partial charge in [-0.1, -0.05) is 16.9 Å². The number of furan rings is 1. The molecule has 168 valence electrons. The van der Waals surface area contributed by atoms with Crippen LogP contribution in [0.15, 0.2) is 61.7 Å². The molecule has 0 saturated carbocycles. The third kappa shape index (κ3) is 3.96. The van der Waals surface area contributed by atoms with Gasteiger partial charge < -0.3 is 18.2 Å². The SMILES string of the molecule is CCn1c(SCc2cc(-c3ccco3)on2)nc2cc(S(=O)(=O)N3CCOCC3)ccc21. The van der Waals surface area contributed by atoms with Crippen molar-refractivity contribution in [2.24, 2.45) is 0 Å². The Kier molecular flexibility index (Phi) is 5.80. The summed E-state index contributed by atoms with van der Waals surface area (Å²) in [5, 5.41) is 4.90. The normalized spacial score (nSPS) is 15.5. The minimum absolute atomic E-state index is 0.254. The van der Waals surface area contributed by atoms with Gasteiger partial charge in [0.15, 0.2) is 10.9 Å². The Morgan fingerprint density at radius 1 is 1.12 bits per heavy atom. The van der Waals surface area contributed by atoms with E-state index >= 15 is 0 Å². The molecule has 1 fully saturated rings. The van der Waals surface area contributed by atoms with Crippen molar-refractivity contribution in [2.45, 2.75) is 29.3 Å². The quantitative estimate of drug-likeness (QED) is 0.374. The van der Waals surface area contributed by atoms with Gasteiger partial charge in [-0.25, -0.2) is 13.4 Å². The number of morpholine rings is 1. The summed E-state index contributed by atoms with van der Waals surface area (Å²) in [7, 11) is -3.57. The Morgan fingerprint density at radius 3 is 2.72 bits per heavy atom. The van der Waals surface area contributed by atoms with Crippen LogP contribution in [0.2, 0.25) is 0 Å². The molecular weight excluding hydrogens is 452 g/mol. The Hall–Kier alpha value is -2.60. The van der Waals surface area contributed by atoms with Crippen molar-refractivity contribution >= 4 is 32.8 Å². The fraction of sp³-hybridized carbons (Fsp3) is 0.333. The molecule has 9 nitrogen and oxygen atoms in total. The molecule has 0 bridgehead atoms. The molecule has 32 heavy (non-hydrogen) atoms. The molecule has 5 rings (SSSR count). The molecule has 0 unspecified atom stereocenters. The first-order valence-electron chi connectivity index (χ1n) is 10.3. The van der Waals surface area contributed by atoms with Crippen LogP contribution in [0.5, 0.6) is 0 Å². The number of ether oxygens (including phenoxy) is 1. The summed E-state index contributed by atoms with van der Waals surface area (Å²) in [6.45, 7) is 4.30. The molecule has 0 N–H and O–H groups in total. The van der Waals surface area contributed by atoms with E-state index in [0.29, 0.717) is 55.6 Å². The van der Waals surface area contributed by atoms with Gasteiger partial charge in [-0.3, -0.25) is 0 Å². The monoisotopic (exact) mass is 474 g/mol. The second-order valence-corrected chi connectivity index (χ2v) is 10.1. The van der Waals surface area contributed by atoms with Crippen LogP contribution in [0.1, 0.15) is 12.6 Å². The first-order chi connectivity index (χ1) is 15.6. The van der Waals surface area contributed by atoms with Crippen molar-refractivity contribution in [3.05, 3.63) is 48.4 Å². The van der Waals surface area contributed by atoms with Crippen LogP contribution >= 0.6 is 11.8 Å². The molecule has 0 atom stereocenters. The number of rotatable bonds is 7. The van der Waals surface area contributed by atoms with E-state index in [2.05, 4.69) is 9.72 Å². The van der Waals surface area contributed by atoms with Crippen molar-refractivity contribution in [1.82, 2.24) is 19.0 Å². The summed E-state index contributed by atoms with van der Waals surface area (Å²) < 4.78 is 45.5. The van der Waals surface area contributed by atoms with E-state index < -0.39 is 10.0 Å². The smallest absolute Gasteiger partial charge is 0.243 e. The van der Waals surface area contributed by atoms with Crippen LogP contribution in [0.4, 0.5) is 0 Å². The number of nitrogens with zero attached hydrogens (tertiary/aromatic N) is 4. The van der Waals surface area contributed by atoms with Gasteiger partial charge in [-0.05, 0) is 37.3 Å². The molecule has 4 aromatic rings. The maximum Gasteiger partial charge on any atom is 0.243 e. The van der Waals surface area contributed by atoms with Crippen LogP contribution in [-0.4, -0.2) is 53.7 Å². The largest absolute Gasteiger partial charge is 0.461 e. The number of aryl methyl sites for hydroxylation is 1. The Balaban J connectivity index is 1.39. The molecule has 0 spiro atoms. The van der Waals surface area contributed by atoms with E-state index in [1.54, 1.807) is 24.5 Å². The number of imidazole rings is 1. The summed E-state index contributed by atoms with van der Waals surface area (Å²) in [6, 6.07) is 10.6. The van der Waals surface area contributed by atoms with Crippen LogP contribution in [0.25, 0.3) is 22.6 Å². The molecule has 0 radical (unpaired) electrons. The molecule has 1 aliphatic heterocycles. The zero-order valence-corrected chi connectivity index (χ0v) is 19.1. The molecule has 1 saturated heterocycles. The van der Waals surface area contributed by atoms with E-state index in [9.17, 15) is 8.42 Å². The Morgan fingerprint density at radius 2 is 1.97 bits per heavy atom. The standard InChI is InChI=1S/C21H22N4O5S2/c1-2-25-18-6-5-16(32(26,27)24-7-10-28-11-8-24)13-17(18)22-21(25)31-14-15-12-20(30-23-15)19-4-3-9-29-19/h3-6,9,12-13H,2,7-8,10-11,14H2,1H3. The lowest BCUT2D eigenvalue weighted by Crippen LogP contribution is -2.40. The van der Waals surface area contributed by atoms with Crippen molar-refractivity contribution in [2.75, 3.05) is 26.3 Å². The highest BCUT2D eigenvalue weighted by molar-refractivity contribution is 7.98. The lowest BCUT2D eigenvalue weighted by Gasteiger charge is -2.26. The van der Waals surface area contributed by atoms with Crippen LogP contribution in [-0.2, 0) is 27.1 Å². The Bertz CT molecular complexity index is 1320. The van der Waals surface area contributed by atoms with E-state index in [4.69, 9.17) is 18.7 Å². The lowest BCUT2D eigenvalue weighted by molar-refractivity contribution is 0.0730. The van der Waals surface area contributed by atoms with Crippen LogP contribution in [0, 0.1) is 0 Å². The average Bonchev–Trinajstić information content (AvgIpc) is 3.57. The van der Waals surface area contributed by atoms with Gasteiger partial charge in [0.25, 0.3) is 0 Å². The molecule has 1 aromatic carbocycles. The number of hydrogen-bond acceptors (Lipinski definition) is 8. The summed E-state index contributed by atoms with van der Waals surface area (Å²) in [6.07, 6.45) is 1.59. The maximum atomic E-state index is 13.0. The number of hydrogen-bond donors (Lipinski definition) is 0. The number of aromatic nitrogens is 3. The van der Waals surface area contributed by atoms with E-state index in [1.807, 2.05) is 25.1 Å². The highest BCUT2D eigenvalue weighted by Crippen LogP contribution is 2.30. The number of benzene rings is 1. The molecule has 11 heteroatoms. The summed E-state index contributed by atoms with van der Waals surface area (Å²) >= 11 is 1.52. The fourth-order valence-corrected chi connectivity index (χ4v) is 6.04. The predicted molar refractivity (Wildman–Crippen MR) is 119 cm³/mol. The second-order valence-electron chi connectivity index (χ2n) is 7.25. The first kappa shape index (κ1) is 21.3. The third-order valence-electron chi connectivity index (χ3n) is 5.28. The second kappa shape index (κ2) is 8.74. The topological polar surface area (TPSA) is 104 Å². The van der Waals surface area contributed by atoms with E-state index in [0.717, 1.165) is 16.4 Å². The summed E-state index contributed by atoms with van der Waals surface area (Å²) in [5.74, 6) is 1.77. The van der Waals surface area contributed by atoms with Gasteiger partial charge in [-0.2, -0.15) is 4.31 Å². The van der Waals surface area contributed by atoms with Gasteiger partial charge in [0.2, 0.25) is 15.8 Å². The molecule has 1 aliphatic rings. The van der Waals surface area contributed by atoms with E-state index in [-0.39, 0.29) is 4.90 Å². The zero-order chi connectivity index (χ0) is 22.1. The third-order valence-corrected chi connectivity index (χ3v) is 8.19. The molecule has 0 aliphatic carbocycles. The molecular formula is C21H22N4O5S2. The summed E-state index contributed by atoms with van der Waals surface area (Å²) in [5.41, 5.74) is 2.32. The predicted octanol–water partition coefficient (Wildman–Crippen LogP) is 3.62. The molecule has 0 amide bonds. The van der Waals surface area contributed by atoms with Gasteiger partial charge in [0.1, 0.15) is 0 Å². The number of fused-ring (bicyclic) bond motifs is 1. The minimum Gasteiger partial charge on any atom is -0.461 e. The van der Waals surface area contributed by atoms with Crippen LogP contribution < -0.4 is 0 Å². The van der Waals surface area contributed by atoms with Crippen molar-refractivity contribution in [1.29, 1.82) is 0 Å². The maximum absolute atomic E-state index is 13.0. The molecule has 3 aromatic heterocycles. The number of thioether (sulfide) groups is 1. The molecule has 4 heterocycles. The minimum atomic E-state index is -3.57. The van der Waals surface area contributed by atoms with E-state index in [1.165, 1.54) is 16.1 Å². The fourth-order valence-electron chi connectivity index (χ4n) is 3.65. The van der Waals surface area contributed by atoms with Crippen molar-refractivity contribution in [3.63, 3.8) is 0 Å². The first-order valence-corrected chi connectivity index (χ1v) is 12.7. The number of sulfonamides is 1. The van der Waals surface area contributed by atoms with Gasteiger partial charge in [0, 0.05) is 31.5 Å². The van der Waals surface area contributed by atoms with Gasteiger partial charge in [-0.15, -0.1) is 0 Å². The average molecular weight is 475 g/mol. The highest BCUT2D eigenvalue weighted by Gasteiger charge is 2.27. The van der Waals surface area contributed by atoms with Crippen LogP contribution in [0.3, 0.4) is 0 Å².